The molecule has 0 aromatic heterocycles. The van der Waals surface area contributed by atoms with Crippen LogP contribution in [-0.2, 0) is 9.53 Å². The molecule has 5 nitrogen and oxygen atoms in total. The van der Waals surface area contributed by atoms with E-state index in [9.17, 15) is 18.0 Å². The third-order valence-corrected chi connectivity index (χ3v) is 3.07. The molecule has 0 aliphatic carbocycles. The topological polar surface area (TPSA) is 56.8 Å². The van der Waals surface area contributed by atoms with Gasteiger partial charge in [-0.05, 0) is 25.5 Å². The van der Waals surface area contributed by atoms with Crippen LogP contribution in [0.4, 0.5) is 18.9 Å². The molecule has 1 atom stereocenters. The average molecular weight is 349 g/mol. The molecule has 0 heterocycles. The lowest BCUT2D eigenvalue weighted by atomic mass is 10.2. The first-order chi connectivity index (χ1) is 11.3. The van der Waals surface area contributed by atoms with Crippen LogP contribution in [0.3, 0.4) is 0 Å². The summed E-state index contributed by atoms with van der Waals surface area (Å²) in [6, 6.07) is 4.83. The van der Waals surface area contributed by atoms with E-state index in [-0.39, 0.29) is 0 Å². The molecule has 1 aromatic carbocycles. The van der Waals surface area contributed by atoms with Gasteiger partial charge in [0.25, 0.3) is 5.91 Å². The molecule has 0 aliphatic heterocycles. The number of methoxy groups -OCH3 is 1. The first-order valence-electron chi connectivity index (χ1n) is 7.57. The number of hydrogen-bond acceptors (Lipinski definition) is 4. The summed E-state index contributed by atoms with van der Waals surface area (Å²) >= 11 is 0. The number of ether oxygens (including phenoxy) is 3. The Hall–Kier alpha value is -1.96. The van der Waals surface area contributed by atoms with Gasteiger partial charge in [-0.15, -0.1) is 0 Å². The molecule has 1 amide bonds. The van der Waals surface area contributed by atoms with Gasteiger partial charge in [0.05, 0.1) is 19.4 Å². The minimum atomic E-state index is -4.49. The normalized spacial score (nSPS) is 12.6. The molecule has 0 spiro atoms. The predicted octanol–water partition coefficient (Wildman–Crippen LogP) is 3.78. The average Bonchev–Trinajstić information content (AvgIpc) is 2.53. The molecule has 1 rings (SSSR count). The zero-order chi connectivity index (χ0) is 18.2. The smallest absolute Gasteiger partial charge is 0.411 e. The Labute approximate surface area is 139 Å². The molecule has 0 fully saturated rings. The zero-order valence-electron chi connectivity index (χ0n) is 13.9. The van der Waals surface area contributed by atoms with Crippen LogP contribution in [0.15, 0.2) is 18.2 Å². The molecule has 0 aliphatic rings. The van der Waals surface area contributed by atoms with Crippen molar-refractivity contribution in [1.29, 1.82) is 0 Å². The Morgan fingerprint density at radius 2 is 2.04 bits per heavy atom. The Balaban J connectivity index is 2.77. The maximum atomic E-state index is 12.1. The number of rotatable bonds is 9. The van der Waals surface area contributed by atoms with Crippen molar-refractivity contribution in [1.82, 2.24) is 0 Å². The zero-order valence-corrected chi connectivity index (χ0v) is 13.9. The van der Waals surface area contributed by atoms with E-state index in [1.165, 1.54) is 20.1 Å². The van der Waals surface area contributed by atoms with E-state index in [2.05, 4.69) is 10.1 Å². The highest BCUT2D eigenvalue weighted by molar-refractivity contribution is 5.95. The molecule has 136 valence electrons. The molecule has 24 heavy (non-hydrogen) atoms. The van der Waals surface area contributed by atoms with Crippen LogP contribution in [0.25, 0.3) is 0 Å². The highest BCUT2D eigenvalue weighted by Crippen LogP contribution is 2.29. The van der Waals surface area contributed by atoms with Crippen molar-refractivity contribution < 1.29 is 32.2 Å². The fourth-order valence-corrected chi connectivity index (χ4v) is 1.72. The SMILES string of the molecule is CCCCOc1ccc(OC)cc1NC(=O)C(C)OCC(F)(F)F. The van der Waals surface area contributed by atoms with Gasteiger partial charge in [-0.25, -0.2) is 0 Å². The van der Waals surface area contributed by atoms with Crippen molar-refractivity contribution in [3.05, 3.63) is 18.2 Å². The van der Waals surface area contributed by atoms with Crippen molar-refractivity contribution in [3.63, 3.8) is 0 Å². The Morgan fingerprint density at radius 1 is 1.33 bits per heavy atom. The van der Waals surface area contributed by atoms with Crippen molar-refractivity contribution in [2.45, 2.75) is 39.0 Å². The summed E-state index contributed by atoms with van der Waals surface area (Å²) in [6.45, 7) is 2.24. The summed E-state index contributed by atoms with van der Waals surface area (Å²) in [5.41, 5.74) is 0.318. The van der Waals surface area contributed by atoms with Gasteiger partial charge in [0.2, 0.25) is 0 Å². The number of alkyl halides is 3. The number of carbonyl (C=O) groups excluding carboxylic acids is 1. The third kappa shape index (κ3) is 7.08. The largest absolute Gasteiger partial charge is 0.497 e. The second kappa shape index (κ2) is 9.36. The van der Waals surface area contributed by atoms with Gasteiger partial charge in [-0.2, -0.15) is 13.2 Å². The summed E-state index contributed by atoms with van der Waals surface area (Å²) in [5.74, 6) is 0.200. The Morgan fingerprint density at radius 3 is 2.62 bits per heavy atom. The molecule has 0 radical (unpaired) electrons. The van der Waals surface area contributed by atoms with E-state index in [4.69, 9.17) is 9.47 Å². The monoisotopic (exact) mass is 349 g/mol. The highest BCUT2D eigenvalue weighted by Gasteiger charge is 2.30. The van der Waals surface area contributed by atoms with Gasteiger partial charge in [-0.3, -0.25) is 4.79 Å². The van der Waals surface area contributed by atoms with E-state index >= 15 is 0 Å². The van der Waals surface area contributed by atoms with Crippen LogP contribution in [0.5, 0.6) is 11.5 Å². The van der Waals surface area contributed by atoms with E-state index in [0.29, 0.717) is 23.8 Å². The number of hydrogen-bond donors (Lipinski definition) is 1. The van der Waals surface area contributed by atoms with Gasteiger partial charge in [0.15, 0.2) is 0 Å². The summed E-state index contributed by atoms with van der Waals surface area (Å²) in [6.07, 6.45) is -3.97. The van der Waals surface area contributed by atoms with E-state index in [1.807, 2.05) is 6.92 Å². The van der Waals surface area contributed by atoms with Crippen molar-refractivity contribution in [2.24, 2.45) is 0 Å². The second-order valence-corrected chi connectivity index (χ2v) is 5.12. The summed E-state index contributed by atoms with van der Waals surface area (Å²) in [4.78, 5) is 12.0. The summed E-state index contributed by atoms with van der Waals surface area (Å²) in [5, 5.41) is 2.51. The molecule has 0 saturated heterocycles. The quantitative estimate of drug-likeness (QED) is 0.690. The number of benzene rings is 1. The lowest BCUT2D eigenvalue weighted by Crippen LogP contribution is -2.31. The van der Waals surface area contributed by atoms with E-state index < -0.39 is 24.8 Å². The molecular weight excluding hydrogens is 327 g/mol. The van der Waals surface area contributed by atoms with Crippen LogP contribution in [0.1, 0.15) is 26.7 Å². The summed E-state index contributed by atoms with van der Waals surface area (Å²) in [7, 11) is 1.47. The first kappa shape index (κ1) is 20.1. The van der Waals surface area contributed by atoms with E-state index in [1.54, 1.807) is 12.1 Å². The van der Waals surface area contributed by atoms with Gasteiger partial charge < -0.3 is 19.5 Å². The van der Waals surface area contributed by atoms with Gasteiger partial charge >= 0.3 is 6.18 Å². The Kier molecular flexibility index (Phi) is 7.84. The maximum absolute atomic E-state index is 12.1. The van der Waals surface area contributed by atoms with Crippen LogP contribution in [0.2, 0.25) is 0 Å². The first-order valence-corrected chi connectivity index (χ1v) is 7.57. The van der Waals surface area contributed by atoms with Crippen LogP contribution >= 0.6 is 0 Å². The van der Waals surface area contributed by atoms with Crippen LogP contribution < -0.4 is 14.8 Å². The van der Waals surface area contributed by atoms with Crippen LogP contribution in [0, 0.1) is 0 Å². The fraction of sp³-hybridized carbons (Fsp3) is 0.562. The molecule has 1 aromatic rings. The molecule has 1 N–H and O–H groups in total. The summed E-state index contributed by atoms with van der Waals surface area (Å²) < 4.78 is 51.6. The number of halogens is 3. The number of carbonyl (C=O) groups is 1. The number of unbranched alkanes of at least 4 members (excludes halogenated alkanes) is 1. The number of amides is 1. The van der Waals surface area contributed by atoms with E-state index in [0.717, 1.165) is 12.8 Å². The lowest BCUT2D eigenvalue weighted by molar-refractivity contribution is -0.184. The van der Waals surface area contributed by atoms with Crippen molar-refractivity contribution in [3.8, 4) is 11.5 Å². The molecule has 0 bridgehead atoms. The molecule has 1 unspecified atom stereocenters. The van der Waals surface area contributed by atoms with Gasteiger partial charge in [-0.1, -0.05) is 13.3 Å². The van der Waals surface area contributed by atoms with Crippen LogP contribution in [-0.4, -0.2) is 38.5 Å². The molecule has 8 heteroatoms. The Bertz CT molecular complexity index is 535. The minimum Gasteiger partial charge on any atom is -0.497 e. The molecule has 0 saturated carbocycles. The standard InChI is InChI=1S/C16H22F3NO4/c1-4-5-8-23-14-7-6-12(22-3)9-13(14)20-15(21)11(2)24-10-16(17,18)19/h6-7,9,11H,4-5,8,10H2,1-3H3,(H,20,21). The molecular formula is C16H22F3NO4. The van der Waals surface area contributed by atoms with Crippen molar-refractivity contribution in [2.75, 3.05) is 25.6 Å². The van der Waals surface area contributed by atoms with Gasteiger partial charge in [0, 0.05) is 6.07 Å². The highest BCUT2D eigenvalue weighted by atomic mass is 19.4. The van der Waals surface area contributed by atoms with Crippen molar-refractivity contribution >= 4 is 11.6 Å². The maximum Gasteiger partial charge on any atom is 0.411 e. The second-order valence-electron chi connectivity index (χ2n) is 5.12. The number of nitrogens with one attached hydrogen (secondary N) is 1. The third-order valence-electron chi connectivity index (χ3n) is 3.07. The van der Waals surface area contributed by atoms with Gasteiger partial charge in [0.1, 0.15) is 24.2 Å². The predicted molar refractivity (Wildman–Crippen MR) is 83.5 cm³/mol. The lowest BCUT2D eigenvalue weighted by Gasteiger charge is -2.17. The minimum absolute atomic E-state index is 0.318. The fourth-order valence-electron chi connectivity index (χ4n) is 1.72. The number of anilines is 1.